The molecule has 1 heterocycles. The minimum absolute atomic E-state index is 0.0182. The Hall–Kier alpha value is -2.12. The van der Waals surface area contributed by atoms with Crippen molar-refractivity contribution in [3.8, 4) is 0 Å². The quantitative estimate of drug-likeness (QED) is 0.298. The van der Waals surface area contributed by atoms with Gasteiger partial charge in [0.15, 0.2) is 6.23 Å². The van der Waals surface area contributed by atoms with Crippen molar-refractivity contribution in [2.45, 2.75) is 112 Å². The van der Waals surface area contributed by atoms with E-state index in [9.17, 15) is 19.2 Å². The van der Waals surface area contributed by atoms with E-state index in [-0.39, 0.29) is 30.6 Å². The highest BCUT2D eigenvalue weighted by Crippen LogP contribution is 2.42. The summed E-state index contributed by atoms with van der Waals surface area (Å²) >= 11 is 0. The molecule has 8 heteroatoms. The fourth-order valence-corrected chi connectivity index (χ4v) is 5.18. The molecule has 0 bridgehead atoms. The Balaban J connectivity index is 2.92. The lowest BCUT2D eigenvalue weighted by molar-refractivity contribution is -0.166. The average molecular weight is 511 g/mol. The van der Waals surface area contributed by atoms with Crippen molar-refractivity contribution >= 4 is 23.8 Å². The van der Waals surface area contributed by atoms with Gasteiger partial charge in [-0.1, -0.05) is 53.9 Å². The van der Waals surface area contributed by atoms with Gasteiger partial charge in [0, 0.05) is 25.4 Å². The van der Waals surface area contributed by atoms with Gasteiger partial charge >= 0.3 is 11.9 Å². The fraction of sp³-hybridized carbons (Fsp3) is 0.857. The number of hydrogen-bond acceptors (Lipinski definition) is 6. The SMILES string of the molecule is CCCCC(CC)COC(=O)C(C)(CC)CC(C)(CC(C)C(=O)OC(C)N1CCCC1=O)C(=O)NC. The second-order valence-corrected chi connectivity index (χ2v) is 11.1. The molecule has 0 radical (unpaired) electrons. The minimum Gasteiger partial charge on any atom is -0.465 e. The summed E-state index contributed by atoms with van der Waals surface area (Å²) in [7, 11) is 1.56. The summed E-state index contributed by atoms with van der Waals surface area (Å²) in [4.78, 5) is 52.7. The molecule has 0 saturated carbocycles. The van der Waals surface area contributed by atoms with E-state index in [0.29, 0.717) is 31.9 Å². The van der Waals surface area contributed by atoms with E-state index >= 15 is 0 Å². The lowest BCUT2D eigenvalue weighted by atomic mass is 9.67. The number of rotatable bonds is 16. The topological polar surface area (TPSA) is 102 Å². The van der Waals surface area contributed by atoms with Gasteiger partial charge in [-0.3, -0.25) is 19.2 Å². The van der Waals surface area contributed by atoms with Gasteiger partial charge in [0.25, 0.3) is 0 Å². The van der Waals surface area contributed by atoms with Gasteiger partial charge < -0.3 is 19.7 Å². The highest BCUT2D eigenvalue weighted by molar-refractivity contribution is 5.85. The first kappa shape index (κ1) is 31.9. The van der Waals surface area contributed by atoms with Crippen LogP contribution in [0.15, 0.2) is 0 Å². The second-order valence-electron chi connectivity index (χ2n) is 11.1. The van der Waals surface area contributed by atoms with Crippen LogP contribution < -0.4 is 5.32 Å². The van der Waals surface area contributed by atoms with Gasteiger partial charge in [0.1, 0.15) is 0 Å². The largest absolute Gasteiger partial charge is 0.465 e. The first-order chi connectivity index (χ1) is 16.9. The number of hydrogen-bond donors (Lipinski definition) is 1. The Labute approximate surface area is 218 Å². The Morgan fingerprint density at radius 1 is 1.11 bits per heavy atom. The number of nitrogens with one attached hydrogen (secondary N) is 1. The lowest BCUT2D eigenvalue weighted by Crippen LogP contribution is -2.45. The smallest absolute Gasteiger partial charge is 0.311 e. The van der Waals surface area contributed by atoms with Crippen molar-refractivity contribution < 1.29 is 28.7 Å². The molecule has 2 amide bonds. The second kappa shape index (κ2) is 14.6. The lowest BCUT2D eigenvalue weighted by Gasteiger charge is -2.38. The van der Waals surface area contributed by atoms with Crippen molar-refractivity contribution in [2.24, 2.45) is 22.7 Å². The van der Waals surface area contributed by atoms with Gasteiger partial charge in [-0.2, -0.15) is 0 Å². The van der Waals surface area contributed by atoms with Crippen molar-refractivity contribution in [1.29, 1.82) is 0 Å². The zero-order chi connectivity index (χ0) is 27.5. The van der Waals surface area contributed by atoms with E-state index in [0.717, 1.165) is 32.1 Å². The van der Waals surface area contributed by atoms with Crippen LogP contribution in [0.3, 0.4) is 0 Å². The molecule has 0 aliphatic carbocycles. The Bertz CT molecular complexity index is 756. The molecule has 36 heavy (non-hydrogen) atoms. The first-order valence-electron chi connectivity index (χ1n) is 13.8. The molecule has 0 aromatic rings. The van der Waals surface area contributed by atoms with E-state index in [1.807, 2.05) is 13.8 Å². The van der Waals surface area contributed by atoms with Gasteiger partial charge in [0.05, 0.1) is 17.9 Å². The zero-order valence-electron chi connectivity index (χ0n) is 23.9. The predicted molar refractivity (Wildman–Crippen MR) is 140 cm³/mol. The molecule has 0 spiro atoms. The number of nitrogens with zero attached hydrogens (tertiary/aromatic N) is 1. The van der Waals surface area contributed by atoms with Crippen LogP contribution in [0.1, 0.15) is 106 Å². The summed E-state index contributed by atoms with van der Waals surface area (Å²) in [5.74, 6) is -1.27. The van der Waals surface area contributed by atoms with E-state index in [2.05, 4.69) is 19.2 Å². The summed E-state index contributed by atoms with van der Waals surface area (Å²) in [6.45, 7) is 14.2. The van der Waals surface area contributed by atoms with Crippen molar-refractivity contribution in [1.82, 2.24) is 10.2 Å². The molecule has 1 rings (SSSR count). The molecule has 8 nitrogen and oxygen atoms in total. The van der Waals surface area contributed by atoms with Crippen molar-refractivity contribution in [3.63, 3.8) is 0 Å². The number of esters is 2. The van der Waals surface area contributed by atoms with Crippen LogP contribution in [0.2, 0.25) is 0 Å². The molecular formula is C28H50N2O6. The predicted octanol–water partition coefficient (Wildman–Crippen LogP) is 4.84. The van der Waals surface area contributed by atoms with Crippen LogP contribution in [0.4, 0.5) is 0 Å². The van der Waals surface area contributed by atoms with Crippen molar-refractivity contribution in [2.75, 3.05) is 20.2 Å². The van der Waals surface area contributed by atoms with E-state index < -0.39 is 28.9 Å². The third-order valence-corrected chi connectivity index (χ3v) is 7.82. The summed E-state index contributed by atoms with van der Waals surface area (Å²) in [5, 5.41) is 2.71. The van der Waals surface area contributed by atoms with Crippen LogP contribution >= 0.6 is 0 Å². The Morgan fingerprint density at radius 3 is 2.28 bits per heavy atom. The summed E-state index contributed by atoms with van der Waals surface area (Å²) in [6.07, 6.45) is 5.75. The molecule has 5 unspecified atom stereocenters. The zero-order valence-corrected chi connectivity index (χ0v) is 23.9. The molecule has 0 aromatic heterocycles. The molecule has 208 valence electrons. The van der Waals surface area contributed by atoms with Crippen molar-refractivity contribution in [3.05, 3.63) is 0 Å². The number of unbranched alkanes of at least 4 members (excludes halogenated alkanes) is 1. The maximum Gasteiger partial charge on any atom is 0.311 e. The van der Waals surface area contributed by atoms with E-state index in [1.54, 1.807) is 32.7 Å². The first-order valence-corrected chi connectivity index (χ1v) is 13.8. The van der Waals surface area contributed by atoms with E-state index in [1.165, 1.54) is 0 Å². The summed E-state index contributed by atoms with van der Waals surface area (Å²) in [5.41, 5.74) is -1.86. The van der Waals surface area contributed by atoms with Gasteiger partial charge in [-0.15, -0.1) is 0 Å². The van der Waals surface area contributed by atoms with Gasteiger partial charge in [0.2, 0.25) is 11.8 Å². The van der Waals surface area contributed by atoms with Crippen LogP contribution in [-0.4, -0.2) is 55.1 Å². The monoisotopic (exact) mass is 510 g/mol. The maximum atomic E-state index is 13.2. The summed E-state index contributed by atoms with van der Waals surface area (Å²) in [6, 6.07) is 0. The third kappa shape index (κ3) is 8.77. The number of carbonyl (C=O) groups excluding carboxylic acids is 4. The number of carbonyl (C=O) groups is 4. The highest BCUT2D eigenvalue weighted by atomic mass is 16.6. The third-order valence-electron chi connectivity index (χ3n) is 7.82. The molecule has 1 aliphatic rings. The standard InChI is InChI=1S/C28H50N2O6/c1-9-12-14-22(10-2)18-35-26(34)27(6,11-3)19-28(7,25(33)29-8)17-20(4)24(32)36-21(5)30-16-13-15-23(30)31/h20-22H,9-19H2,1-8H3,(H,29,33). The highest BCUT2D eigenvalue weighted by Gasteiger charge is 2.46. The number of amides is 2. The molecule has 1 N–H and O–H groups in total. The van der Waals surface area contributed by atoms with Crippen LogP contribution in [0.5, 0.6) is 0 Å². The average Bonchev–Trinajstić information content (AvgIpc) is 3.28. The summed E-state index contributed by atoms with van der Waals surface area (Å²) < 4.78 is 11.4. The molecule has 0 aromatic carbocycles. The maximum absolute atomic E-state index is 13.2. The Kier molecular flexibility index (Phi) is 12.9. The van der Waals surface area contributed by atoms with E-state index in [4.69, 9.17) is 9.47 Å². The van der Waals surface area contributed by atoms with Crippen LogP contribution in [0, 0.1) is 22.7 Å². The van der Waals surface area contributed by atoms with Gasteiger partial charge in [-0.05, 0) is 51.9 Å². The number of ether oxygens (including phenoxy) is 2. The molecule has 5 atom stereocenters. The number of likely N-dealkylation sites (tertiary alicyclic amines) is 1. The normalized spacial score (nSPS) is 19.6. The van der Waals surface area contributed by atoms with Gasteiger partial charge in [-0.25, -0.2) is 0 Å². The van der Waals surface area contributed by atoms with Crippen LogP contribution in [-0.2, 0) is 28.7 Å². The molecular weight excluding hydrogens is 460 g/mol. The fourth-order valence-electron chi connectivity index (χ4n) is 5.18. The van der Waals surface area contributed by atoms with Crippen LogP contribution in [0.25, 0.3) is 0 Å². The minimum atomic E-state index is -0.990. The molecule has 1 saturated heterocycles. The molecule has 1 fully saturated rings. The molecule has 1 aliphatic heterocycles. The Morgan fingerprint density at radius 2 is 1.78 bits per heavy atom.